The average Bonchev–Trinajstić information content (AvgIpc) is 3.26. The number of amides is 1. The van der Waals surface area contributed by atoms with Gasteiger partial charge < -0.3 is 19.7 Å². The third-order valence-electron chi connectivity index (χ3n) is 6.52. The van der Waals surface area contributed by atoms with Crippen LogP contribution in [-0.4, -0.2) is 66.6 Å². The van der Waals surface area contributed by atoms with Gasteiger partial charge in [-0.1, -0.05) is 6.92 Å². The van der Waals surface area contributed by atoms with Gasteiger partial charge in [-0.15, -0.1) is 0 Å². The van der Waals surface area contributed by atoms with Gasteiger partial charge in [-0.25, -0.2) is 0 Å². The molecule has 2 aliphatic heterocycles. The Morgan fingerprint density at radius 2 is 2.12 bits per heavy atom. The first-order valence-electron chi connectivity index (χ1n) is 11.6. The number of pyridine rings is 1. The van der Waals surface area contributed by atoms with Crippen LogP contribution in [-0.2, 0) is 33.4 Å². The van der Waals surface area contributed by atoms with E-state index in [0.717, 1.165) is 43.7 Å². The molecule has 33 heavy (non-hydrogen) atoms. The van der Waals surface area contributed by atoms with Crippen LogP contribution >= 0.6 is 12.6 Å². The van der Waals surface area contributed by atoms with Gasteiger partial charge in [0.2, 0.25) is 5.91 Å². The fourth-order valence-corrected chi connectivity index (χ4v) is 4.82. The number of ether oxygens (including phenoxy) is 2. The van der Waals surface area contributed by atoms with E-state index in [1.54, 1.807) is 12.0 Å². The molecule has 0 spiro atoms. The van der Waals surface area contributed by atoms with Crippen LogP contribution in [0.1, 0.15) is 49.4 Å². The van der Waals surface area contributed by atoms with Crippen LogP contribution in [0.4, 0.5) is 13.2 Å². The number of carbonyl (C=O) groups excluding carboxylic acids is 1. The van der Waals surface area contributed by atoms with Crippen molar-refractivity contribution in [3.05, 3.63) is 29.1 Å². The lowest BCUT2D eigenvalue weighted by Crippen LogP contribution is -2.50. The molecule has 10 heteroatoms. The van der Waals surface area contributed by atoms with Gasteiger partial charge >= 0.3 is 6.18 Å². The molecule has 0 bridgehead atoms. The van der Waals surface area contributed by atoms with E-state index in [2.05, 4.69) is 22.9 Å². The van der Waals surface area contributed by atoms with E-state index in [9.17, 15) is 18.0 Å². The van der Waals surface area contributed by atoms with Crippen LogP contribution in [0.15, 0.2) is 12.3 Å². The summed E-state index contributed by atoms with van der Waals surface area (Å²) < 4.78 is 50.0. The summed E-state index contributed by atoms with van der Waals surface area (Å²) in [5, 5.41) is 3.64. The van der Waals surface area contributed by atoms with Gasteiger partial charge in [0.15, 0.2) is 0 Å². The predicted octanol–water partition coefficient (Wildman–Crippen LogP) is 3.48. The molecule has 3 heterocycles. The maximum Gasteiger partial charge on any atom is 0.417 e. The SMILES string of the molecule is CCS.COC1COCCC1NC1CC[C@H](C(=O)N2CCc3ncc(C(F)(F)F)cc3C2)C1. The molecule has 186 valence electrons. The Labute approximate surface area is 199 Å². The Hall–Kier alpha value is -1.36. The first-order chi connectivity index (χ1) is 15.8. The number of fused-ring (bicyclic) bond motifs is 1. The number of halogens is 3. The number of nitrogens with zero attached hydrogens (tertiary/aromatic N) is 2. The molecular formula is C23H34F3N3O3S. The Balaban J connectivity index is 0.000000968. The molecule has 1 saturated heterocycles. The highest BCUT2D eigenvalue weighted by molar-refractivity contribution is 7.80. The van der Waals surface area contributed by atoms with Crippen LogP contribution in [0.5, 0.6) is 0 Å². The van der Waals surface area contributed by atoms with Gasteiger partial charge in [0.1, 0.15) is 0 Å². The summed E-state index contributed by atoms with van der Waals surface area (Å²) in [5.41, 5.74) is 0.398. The normalized spacial score (nSPS) is 27.5. The van der Waals surface area contributed by atoms with Crippen LogP contribution < -0.4 is 5.32 Å². The van der Waals surface area contributed by atoms with Crippen molar-refractivity contribution in [1.29, 1.82) is 0 Å². The molecule has 1 aromatic rings. The summed E-state index contributed by atoms with van der Waals surface area (Å²) in [6, 6.07) is 1.60. The summed E-state index contributed by atoms with van der Waals surface area (Å²) >= 11 is 3.79. The van der Waals surface area contributed by atoms with Gasteiger partial charge in [-0.05, 0) is 43.1 Å². The zero-order valence-electron chi connectivity index (χ0n) is 19.2. The minimum atomic E-state index is -4.43. The number of hydrogen-bond acceptors (Lipinski definition) is 6. The van der Waals surface area contributed by atoms with Gasteiger partial charge in [0.25, 0.3) is 0 Å². The quantitative estimate of drug-likeness (QED) is 0.634. The second kappa shape index (κ2) is 11.9. The zero-order valence-corrected chi connectivity index (χ0v) is 20.1. The average molecular weight is 490 g/mol. The summed E-state index contributed by atoms with van der Waals surface area (Å²) in [5.74, 6) is 0.890. The van der Waals surface area contributed by atoms with Gasteiger partial charge in [0.05, 0.1) is 18.3 Å². The standard InChI is InChI=1S/C21H28F3N3O3.C2H6S/c1-29-19-12-30-7-5-18(19)26-16-3-2-13(9-16)20(28)27-6-4-17-14(11-27)8-15(10-25-17)21(22,23)24;1-2-3/h8,10,13,16,18-19,26H,2-7,9,11-12H2,1H3;3H,2H2,1H3/t13-,16?,18?,19?;/m0./s1. The Kier molecular flexibility index (Phi) is 9.43. The second-order valence-electron chi connectivity index (χ2n) is 8.77. The van der Waals surface area contributed by atoms with E-state index in [1.807, 2.05) is 6.92 Å². The van der Waals surface area contributed by atoms with Crippen molar-refractivity contribution in [1.82, 2.24) is 15.2 Å². The Morgan fingerprint density at radius 1 is 1.36 bits per heavy atom. The number of carbonyl (C=O) groups is 1. The van der Waals surface area contributed by atoms with Crippen molar-refractivity contribution in [2.75, 3.05) is 32.6 Å². The van der Waals surface area contributed by atoms with Gasteiger partial charge in [-0.3, -0.25) is 9.78 Å². The monoisotopic (exact) mass is 489 g/mol. The first kappa shape index (κ1) is 26.2. The number of thiol groups is 1. The molecular weight excluding hydrogens is 455 g/mol. The summed E-state index contributed by atoms with van der Waals surface area (Å²) in [6.45, 7) is 3.97. The molecule has 2 fully saturated rings. The summed E-state index contributed by atoms with van der Waals surface area (Å²) in [7, 11) is 1.68. The zero-order chi connectivity index (χ0) is 24.0. The van der Waals surface area contributed by atoms with Crippen LogP contribution in [0.25, 0.3) is 0 Å². The molecule has 3 aliphatic rings. The van der Waals surface area contributed by atoms with E-state index in [0.29, 0.717) is 37.4 Å². The van der Waals surface area contributed by atoms with E-state index >= 15 is 0 Å². The molecule has 4 rings (SSSR count). The Bertz CT molecular complexity index is 796. The third kappa shape index (κ3) is 6.83. The number of rotatable bonds is 4. The van der Waals surface area contributed by atoms with Gasteiger partial charge in [0, 0.05) is 63.1 Å². The fraction of sp³-hybridized carbons (Fsp3) is 0.739. The maximum absolute atomic E-state index is 13.1. The van der Waals surface area contributed by atoms with Gasteiger partial charge in [-0.2, -0.15) is 25.8 Å². The molecule has 1 amide bonds. The second-order valence-corrected chi connectivity index (χ2v) is 9.40. The number of hydrogen-bond donors (Lipinski definition) is 2. The lowest BCUT2D eigenvalue weighted by molar-refractivity contribution is -0.137. The molecule has 0 radical (unpaired) electrons. The number of nitrogens with one attached hydrogen (secondary N) is 1. The molecule has 1 aliphatic carbocycles. The van der Waals surface area contributed by atoms with Crippen LogP contribution in [0, 0.1) is 5.92 Å². The van der Waals surface area contributed by atoms with Crippen molar-refractivity contribution in [3.63, 3.8) is 0 Å². The van der Waals surface area contributed by atoms with Crippen molar-refractivity contribution in [2.24, 2.45) is 5.92 Å². The van der Waals surface area contributed by atoms with Crippen molar-refractivity contribution in [2.45, 2.75) is 69.9 Å². The lowest BCUT2D eigenvalue weighted by Gasteiger charge is -2.33. The third-order valence-corrected chi connectivity index (χ3v) is 6.52. The number of methoxy groups -OCH3 is 1. The minimum Gasteiger partial charge on any atom is -0.379 e. The minimum absolute atomic E-state index is 0.0161. The Morgan fingerprint density at radius 3 is 2.82 bits per heavy atom. The fourth-order valence-electron chi connectivity index (χ4n) is 4.82. The summed E-state index contributed by atoms with van der Waals surface area (Å²) in [4.78, 5) is 18.7. The highest BCUT2D eigenvalue weighted by Crippen LogP contribution is 2.33. The van der Waals surface area contributed by atoms with Crippen molar-refractivity contribution < 1.29 is 27.4 Å². The number of aromatic nitrogens is 1. The highest BCUT2D eigenvalue weighted by atomic mass is 32.1. The molecule has 0 aromatic carbocycles. The van der Waals surface area contributed by atoms with Crippen molar-refractivity contribution >= 4 is 18.5 Å². The molecule has 4 atom stereocenters. The molecule has 1 aromatic heterocycles. The highest BCUT2D eigenvalue weighted by Gasteiger charge is 2.37. The largest absolute Gasteiger partial charge is 0.417 e. The molecule has 1 saturated carbocycles. The molecule has 1 N–H and O–H groups in total. The summed E-state index contributed by atoms with van der Waals surface area (Å²) in [6.07, 6.45) is 0.293. The maximum atomic E-state index is 13.1. The predicted molar refractivity (Wildman–Crippen MR) is 122 cm³/mol. The first-order valence-corrected chi connectivity index (χ1v) is 12.2. The van der Waals surface area contributed by atoms with E-state index < -0.39 is 11.7 Å². The van der Waals surface area contributed by atoms with Crippen LogP contribution in [0.2, 0.25) is 0 Å². The molecule has 3 unspecified atom stereocenters. The van der Waals surface area contributed by atoms with Crippen molar-refractivity contribution in [3.8, 4) is 0 Å². The number of alkyl halides is 3. The van der Waals surface area contributed by atoms with E-state index in [1.165, 1.54) is 0 Å². The lowest BCUT2D eigenvalue weighted by atomic mass is 10.00. The molecule has 6 nitrogen and oxygen atoms in total. The topological polar surface area (TPSA) is 63.7 Å². The smallest absolute Gasteiger partial charge is 0.379 e. The van der Waals surface area contributed by atoms with Crippen LogP contribution in [0.3, 0.4) is 0 Å². The van der Waals surface area contributed by atoms with E-state index in [-0.39, 0.29) is 36.6 Å². The van der Waals surface area contributed by atoms with E-state index in [4.69, 9.17) is 9.47 Å².